The molecule has 3 aromatic heterocycles. The van der Waals surface area contributed by atoms with Crippen LogP contribution in [0.3, 0.4) is 0 Å². The van der Waals surface area contributed by atoms with Crippen molar-refractivity contribution in [3.8, 4) is 0 Å². The van der Waals surface area contributed by atoms with E-state index in [4.69, 9.17) is 9.97 Å². The number of hydrogen-bond donors (Lipinski definition) is 0. The predicted octanol–water partition coefficient (Wildman–Crippen LogP) is 5.55. The van der Waals surface area contributed by atoms with Crippen molar-refractivity contribution in [2.45, 2.75) is 0 Å². The van der Waals surface area contributed by atoms with Crippen LogP contribution in [0.25, 0.3) is 43.6 Å². The minimum absolute atomic E-state index is 0.900. The molecule has 0 fully saturated rings. The normalized spacial score (nSPS) is 11.3. The number of para-hydroxylation sites is 1. The van der Waals surface area contributed by atoms with E-state index in [-0.39, 0.29) is 0 Å². The van der Waals surface area contributed by atoms with Crippen LogP contribution in [0.5, 0.6) is 0 Å². The van der Waals surface area contributed by atoms with Gasteiger partial charge in [0.15, 0.2) is 0 Å². The second-order valence-electron chi connectivity index (χ2n) is 6.39. The number of nitrogens with zero attached hydrogens (tertiary/aromatic N) is 3. The first-order valence-corrected chi connectivity index (χ1v) is 8.67. The van der Waals surface area contributed by atoms with Gasteiger partial charge in [0.1, 0.15) is 5.52 Å². The average molecular weight is 335 g/mol. The standard InChI is InChI=1S/C23H17N3/c1-26-20-12-5-4-10-18(20)16-8-2-3-9-17(16)19-11-6-14-24-22(19)23-21(26)13-7-15-25-23/h2-15H,1H3. The third-order valence-corrected chi connectivity index (χ3v) is 4.95. The van der Waals surface area contributed by atoms with E-state index in [1.165, 1.54) is 16.2 Å². The maximum atomic E-state index is 4.71. The predicted molar refractivity (Wildman–Crippen MR) is 109 cm³/mol. The van der Waals surface area contributed by atoms with Gasteiger partial charge in [-0.3, -0.25) is 9.97 Å². The fourth-order valence-corrected chi connectivity index (χ4v) is 3.74. The van der Waals surface area contributed by atoms with Crippen molar-refractivity contribution in [2.24, 2.45) is 7.05 Å². The zero-order chi connectivity index (χ0) is 17.5. The number of benzene rings is 2. The quantitative estimate of drug-likeness (QED) is 0.371. The first kappa shape index (κ1) is 14.8. The number of aryl methyl sites for hydroxylation is 1. The minimum atomic E-state index is 0.900. The Bertz CT molecular complexity index is 1240. The molecule has 0 unspecified atom stereocenters. The average Bonchev–Trinajstić information content (AvgIpc) is 2.76. The van der Waals surface area contributed by atoms with Gasteiger partial charge in [0.05, 0.1) is 11.0 Å². The summed E-state index contributed by atoms with van der Waals surface area (Å²) in [6.45, 7) is 0. The van der Waals surface area contributed by atoms with E-state index in [2.05, 4.69) is 72.3 Å². The molecule has 0 bridgehead atoms. The molecule has 2 aromatic carbocycles. The van der Waals surface area contributed by atoms with Gasteiger partial charge in [-0.2, -0.15) is 0 Å². The molecule has 5 aromatic rings. The van der Waals surface area contributed by atoms with Gasteiger partial charge in [-0.1, -0.05) is 48.5 Å². The van der Waals surface area contributed by atoms with Crippen LogP contribution < -0.4 is 0 Å². The summed E-state index contributed by atoms with van der Waals surface area (Å²) >= 11 is 0. The Morgan fingerprint density at radius 3 is 1.88 bits per heavy atom. The van der Waals surface area contributed by atoms with Crippen LogP contribution in [0.2, 0.25) is 0 Å². The lowest BCUT2D eigenvalue weighted by atomic mass is 10.0. The van der Waals surface area contributed by atoms with E-state index < -0.39 is 0 Å². The minimum Gasteiger partial charge on any atom is -0.342 e. The summed E-state index contributed by atoms with van der Waals surface area (Å²) in [6, 6.07) is 25.2. The lowest BCUT2D eigenvalue weighted by Crippen LogP contribution is -1.93. The van der Waals surface area contributed by atoms with Crippen molar-refractivity contribution in [3.05, 3.63) is 85.2 Å². The zero-order valence-electron chi connectivity index (χ0n) is 14.4. The fraction of sp³-hybridized carbons (Fsp3) is 0.0435. The first-order valence-electron chi connectivity index (χ1n) is 8.67. The largest absolute Gasteiger partial charge is 0.342 e. The van der Waals surface area contributed by atoms with Gasteiger partial charge in [0.2, 0.25) is 0 Å². The van der Waals surface area contributed by atoms with E-state index in [1.54, 1.807) is 0 Å². The van der Waals surface area contributed by atoms with Crippen LogP contribution in [0.1, 0.15) is 0 Å². The monoisotopic (exact) mass is 335 g/mol. The Kier molecular flexibility index (Phi) is 3.32. The molecule has 3 heterocycles. The molecule has 0 N–H and O–H groups in total. The number of pyridine rings is 2. The third kappa shape index (κ3) is 2.14. The maximum Gasteiger partial charge on any atom is 0.113 e. The Labute approximate surface area is 150 Å². The number of rotatable bonds is 0. The van der Waals surface area contributed by atoms with Gasteiger partial charge < -0.3 is 4.57 Å². The Balaban J connectivity index is 2.31. The summed E-state index contributed by atoms with van der Waals surface area (Å²) in [4.78, 5) is 9.41. The van der Waals surface area contributed by atoms with Gasteiger partial charge >= 0.3 is 0 Å². The highest BCUT2D eigenvalue weighted by Gasteiger charge is 2.07. The van der Waals surface area contributed by atoms with Crippen LogP contribution in [-0.4, -0.2) is 14.5 Å². The van der Waals surface area contributed by atoms with E-state index >= 15 is 0 Å². The van der Waals surface area contributed by atoms with Crippen LogP contribution >= 0.6 is 0 Å². The maximum absolute atomic E-state index is 4.71. The highest BCUT2D eigenvalue weighted by atomic mass is 14.9. The second kappa shape index (κ2) is 5.81. The summed E-state index contributed by atoms with van der Waals surface area (Å²) in [5.74, 6) is 0. The molecule has 0 spiro atoms. The highest BCUT2D eigenvalue weighted by Crippen LogP contribution is 2.30. The second-order valence-corrected chi connectivity index (χ2v) is 6.39. The molecule has 0 aliphatic rings. The van der Waals surface area contributed by atoms with Crippen molar-refractivity contribution in [1.29, 1.82) is 0 Å². The van der Waals surface area contributed by atoms with Crippen molar-refractivity contribution in [2.75, 3.05) is 0 Å². The smallest absolute Gasteiger partial charge is 0.113 e. The van der Waals surface area contributed by atoms with Gasteiger partial charge in [0.25, 0.3) is 0 Å². The number of aromatic nitrogens is 3. The van der Waals surface area contributed by atoms with Crippen molar-refractivity contribution in [3.63, 3.8) is 0 Å². The van der Waals surface area contributed by atoms with Crippen molar-refractivity contribution >= 4 is 43.6 Å². The van der Waals surface area contributed by atoms with Crippen LogP contribution in [0.15, 0.2) is 85.2 Å². The molecular weight excluding hydrogens is 318 g/mol. The van der Waals surface area contributed by atoms with Crippen LogP contribution in [0.4, 0.5) is 0 Å². The van der Waals surface area contributed by atoms with Gasteiger partial charge in [-0.05, 0) is 35.0 Å². The molecule has 5 rings (SSSR count). The number of hydrogen-bond acceptors (Lipinski definition) is 2. The van der Waals surface area contributed by atoms with E-state index in [0.717, 1.165) is 27.5 Å². The van der Waals surface area contributed by atoms with Crippen molar-refractivity contribution in [1.82, 2.24) is 14.5 Å². The molecule has 0 aliphatic heterocycles. The molecule has 3 heteroatoms. The fourth-order valence-electron chi connectivity index (χ4n) is 3.74. The molecule has 26 heavy (non-hydrogen) atoms. The summed E-state index contributed by atoms with van der Waals surface area (Å²) in [5, 5.41) is 4.69. The molecule has 0 atom stereocenters. The molecular formula is C23H17N3. The lowest BCUT2D eigenvalue weighted by Gasteiger charge is -2.06. The van der Waals surface area contributed by atoms with Crippen LogP contribution in [-0.2, 0) is 7.05 Å². The Morgan fingerprint density at radius 1 is 0.538 bits per heavy atom. The SMILES string of the molecule is Cn1c2ccccc2c2ccccc2c2cccnc2c2ncccc21. The summed E-state index contributed by atoms with van der Waals surface area (Å²) < 4.78 is 2.21. The lowest BCUT2D eigenvalue weighted by molar-refractivity contribution is 1.00. The first-order chi connectivity index (χ1) is 12.8. The zero-order valence-corrected chi connectivity index (χ0v) is 14.4. The van der Waals surface area contributed by atoms with Gasteiger partial charge in [0, 0.05) is 35.7 Å². The Morgan fingerprint density at radius 2 is 1.08 bits per heavy atom. The van der Waals surface area contributed by atoms with Gasteiger partial charge in [-0.15, -0.1) is 0 Å². The molecule has 0 saturated carbocycles. The van der Waals surface area contributed by atoms with E-state index in [0.29, 0.717) is 0 Å². The molecule has 0 saturated heterocycles. The summed E-state index contributed by atoms with van der Waals surface area (Å²) in [7, 11) is 2.09. The van der Waals surface area contributed by atoms with Crippen LogP contribution in [0, 0.1) is 0 Å². The molecule has 0 amide bonds. The van der Waals surface area contributed by atoms with E-state index in [1.807, 2.05) is 24.5 Å². The molecule has 124 valence electrons. The molecule has 0 radical (unpaired) electrons. The summed E-state index contributed by atoms with van der Waals surface area (Å²) in [5.41, 5.74) is 4.02. The highest BCUT2D eigenvalue weighted by molar-refractivity contribution is 6.17. The Hall–Kier alpha value is -3.46. The third-order valence-electron chi connectivity index (χ3n) is 4.95. The number of fused-ring (bicyclic) bond motifs is 7. The summed E-state index contributed by atoms with van der Waals surface area (Å²) in [6.07, 6.45) is 3.67. The molecule has 3 nitrogen and oxygen atoms in total. The molecule has 0 aliphatic carbocycles. The topological polar surface area (TPSA) is 30.7 Å². The van der Waals surface area contributed by atoms with Gasteiger partial charge in [-0.25, -0.2) is 0 Å². The van der Waals surface area contributed by atoms with Crippen molar-refractivity contribution < 1.29 is 0 Å². The van der Waals surface area contributed by atoms with E-state index in [9.17, 15) is 0 Å².